The molecule has 0 radical (unpaired) electrons. The summed E-state index contributed by atoms with van der Waals surface area (Å²) in [7, 11) is 0. The number of carbonyl (C=O) groups excluding carboxylic acids is 2. The SMILES string of the molecule is CCOCCCC(=O)N1CCC(O)(CNC(=O)OC(C)(C)C)CC1. The van der Waals surface area contributed by atoms with E-state index in [-0.39, 0.29) is 12.5 Å². The molecule has 0 unspecified atom stereocenters. The van der Waals surface area contributed by atoms with Gasteiger partial charge in [0.15, 0.2) is 0 Å². The van der Waals surface area contributed by atoms with Gasteiger partial charge in [-0.25, -0.2) is 4.79 Å². The van der Waals surface area contributed by atoms with Gasteiger partial charge in [-0.3, -0.25) is 4.79 Å². The number of rotatable bonds is 7. The first-order chi connectivity index (χ1) is 11.2. The monoisotopic (exact) mass is 344 g/mol. The van der Waals surface area contributed by atoms with E-state index in [0.29, 0.717) is 52.0 Å². The quantitative estimate of drug-likeness (QED) is 0.686. The van der Waals surface area contributed by atoms with Gasteiger partial charge in [-0.1, -0.05) is 0 Å². The van der Waals surface area contributed by atoms with Crippen molar-refractivity contribution in [3.8, 4) is 0 Å². The first kappa shape index (κ1) is 20.7. The maximum atomic E-state index is 12.1. The van der Waals surface area contributed by atoms with E-state index in [1.165, 1.54) is 0 Å². The minimum atomic E-state index is -0.987. The van der Waals surface area contributed by atoms with Gasteiger partial charge in [0.25, 0.3) is 0 Å². The Morgan fingerprint density at radius 2 is 1.88 bits per heavy atom. The molecule has 0 aromatic carbocycles. The number of amides is 2. The van der Waals surface area contributed by atoms with E-state index in [1.807, 2.05) is 6.92 Å². The van der Waals surface area contributed by atoms with E-state index in [4.69, 9.17) is 9.47 Å². The molecule has 2 N–H and O–H groups in total. The smallest absolute Gasteiger partial charge is 0.407 e. The fourth-order valence-corrected chi connectivity index (χ4v) is 2.53. The second kappa shape index (κ2) is 9.22. The fourth-order valence-electron chi connectivity index (χ4n) is 2.53. The first-order valence-electron chi connectivity index (χ1n) is 8.70. The van der Waals surface area contributed by atoms with Gasteiger partial charge in [0.1, 0.15) is 5.60 Å². The summed E-state index contributed by atoms with van der Waals surface area (Å²) in [5, 5.41) is 13.1. The predicted octanol–water partition coefficient (Wildman–Crippen LogP) is 1.68. The summed E-state index contributed by atoms with van der Waals surface area (Å²) in [5.41, 5.74) is -1.55. The van der Waals surface area contributed by atoms with Crippen molar-refractivity contribution in [1.29, 1.82) is 0 Å². The topological polar surface area (TPSA) is 88.1 Å². The Morgan fingerprint density at radius 3 is 2.42 bits per heavy atom. The predicted molar refractivity (Wildman–Crippen MR) is 90.7 cm³/mol. The van der Waals surface area contributed by atoms with E-state index in [2.05, 4.69) is 5.32 Å². The first-order valence-corrected chi connectivity index (χ1v) is 8.70. The summed E-state index contributed by atoms with van der Waals surface area (Å²) in [6.07, 6.45) is 1.53. The summed E-state index contributed by atoms with van der Waals surface area (Å²) in [6.45, 7) is 9.69. The lowest BCUT2D eigenvalue weighted by Crippen LogP contribution is -2.52. The Kier molecular flexibility index (Phi) is 7.96. The van der Waals surface area contributed by atoms with E-state index in [9.17, 15) is 14.7 Å². The Bertz CT molecular complexity index is 412. The van der Waals surface area contributed by atoms with E-state index >= 15 is 0 Å². The van der Waals surface area contributed by atoms with Gasteiger partial charge in [-0.2, -0.15) is 0 Å². The van der Waals surface area contributed by atoms with Gasteiger partial charge < -0.3 is 24.8 Å². The van der Waals surface area contributed by atoms with Crippen molar-refractivity contribution in [2.45, 2.75) is 64.6 Å². The van der Waals surface area contributed by atoms with Crippen LogP contribution in [0.1, 0.15) is 53.4 Å². The normalized spacial score (nSPS) is 17.5. The third kappa shape index (κ3) is 7.97. The largest absolute Gasteiger partial charge is 0.444 e. The number of hydrogen-bond acceptors (Lipinski definition) is 5. The Balaban J connectivity index is 2.30. The summed E-state index contributed by atoms with van der Waals surface area (Å²) in [4.78, 5) is 25.5. The molecule has 7 heteroatoms. The van der Waals surface area contributed by atoms with Gasteiger partial charge >= 0.3 is 6.09 Å². The summed E-state index contributed by atoms with van der Waals surface area (Å²) < 4.78 is 10.4. The number of piperidine rings is 1. The van der Waals surface area contributed by atoms with Crippen LogP contribution in [-0.4, -0.2) is 66.1 Å². The van der Waals surface area contributed by atoms with Crippen LogP contribution in [0.3, 0.4) is 0 Å². The molecule has 2 amide bonds. The highest BCUT2D eigenvalue weighted by atomic mass is 16.6. The maximum Gasteiger partial charge on any atom is 0.407 e. The lowest BCUT2D eigenvalue weighted by Gasteiger charge is -2.38. The minimum Gasteiger partial charge on any atom is -0.444 e. The zero-order valence-corrected chi connectivity index (χ0v) is 15.4. The lowest BCUT2D eigenvalue weighted by molar-refractivity contribution is -0.135. The zero-order chi connectivity index (χ0) is 18.2. The number of hydrogen-bond donors (Lipinski definition) is 2. The molecular weight excluding hydrogens is 312 g/mol. The van der Waals surface area contributed by atoms with Crippen molar-refractivity contribution in [2.75, 3.05) is 32.8 Å². The zero-order valence-electron chi connectivity index (χ0n) is 15.4. The van der Waals surface area contributed by atoms with E-state index in [0.717, 1.165) is 0 Å². The van der Waals surface area contributed by atoms with Crippen molar-refractivity contribution in [1.82, 2.24) is 10.2 Å². The average Bonchev–Trinajstić information content (AvgIpc) is 2.49. The van der Waals surface area contributed by atoms with Crippen molar-refractivity contribution >= 4 is 12.0 Å². The lowest BCUT2D eigenvalue weighted by atomic mass is 9.91. The molecule has 0 saturated carbocycles. The van der Waals surface area contributed by atoms with Crippen LogP contribution >= 0.6 is 0 Å². The molecule has 0 aliphatic carbocycles. The number of carbonyl (C=O) groups is 2. The number of nitrogens with zero attached hydrogens (tertiary/aromatic N) is 1. The van der Waals surface area contributed by atoms with Gasteiger partial charge in [0, 0.05) is 39.3 Å². The molecule has 0 aromatic rings. The molecule has 0 bridgehead atoms. The van der Waals surface area contributed by atoms with Gasteiger partial charge in [-0.15, -0.1) is 0 Å². The van der Waals surface area contributed by atoms with Crippen LogP contribution in [0.25, 0.3) is 0 Å². The maximum absolute atomic E-state index is 12.1. The fraction of sp³-hybridized carbons (Fsp3) is 0.882. The standard InChI is InChI=1S/C17H32N2O5/c1-5-23-12-6-7-14(20)19-10-8-17(22,9-11-19)13-18-15(21)24-16(2,3)4/h22H,5-13H2,1-4H3,(H,18,21). The Labute approximate surface area is 144 Å². The number of alkyl carbamates (subject to hydrolysis) is 1. The molecule has 1 saturated heterocycles. The van der Waals surface area contributed by atoms with Crippen LogP contribution in [0.2, 0.25) is 0 Å². The highest BCUT2D eigenvalue weighted by molar-refractivity contribution is 5.76. The van der Waals surface area contributed by atoms with Crippen LogP contribution in [0, 0.1) is 0 Å². The van der Waals surface area contributed by atoms with E-state index < -0.39 is 17.3 Å². The van der Waals surface area contributed by atoms with Crippen molar-refractivity contribution in [3.63, 3.8) is 0 Å². The molecule has 140 valence electrons. The molecule has 7 nitrogen and oxygen atoms in total. The molecule has 1 fully saturated rings. The molecule has 0 atom stereocenters. The number of aliphatic hydroxyl groups is 1. The molecule has 0 spiro atoms. The summed E-state index contributed by atoms with van der Waals surface area (Å²) in [6, 6.07) is 0. The number of nitrogens with one attached hydrogen (secondary N) is 1. The van der Waals surface area contributed by atoms with Crippen molar-refractivity contribution < 1.29 is 24.2 Å². The van der Waals surface area contributed by atoms with Crippen LogP contribution in [0.15, 0.2) is 0 Å². The number of likely N-dealkylation sites (tertiary alicyclic amines) is 1. The molecule has 24 heavy (non-hydrogen) atoms. The Morgan fingerprint density at radius 1 is 1.25 bits per heavy atom. The van der Waals surface area contributed by atoms with Gasteiger partial charge in [0.05, 0.1) is 5.60 Å². The van der Waals surface area contributed by atoms with Gasteiger partial charge in [-0.05, 0) is 47.0 Å². The Hall–Kier alpha value is -1.34. The highest BCUT2D eigenvalue weighted by Crippen LogP contribution is 2.22. The molecule has 0 aromatic heterocycles. The number of ether oxygens (including phenoxy) is 2. The molecule has 1 aliphatic heterocycles. The average molecular weight is 344 g/mol. The van der Waals surface area contributed by atoms with Crippen LogP contribution in [0.4, 0.5) is 4.79 Å². The molecule has 1 rings (SSSR count). The van der Waals surface area contributed by atoms with Crippen LogP contribution in [-0.2, 0) is 14.3 Å². The summed E-state index contributed by atoms with van der Waals surface area (Å²) >= 11 is 0. The van der Waals surface area contributed by atoms with Crippen molar-refractivity contribution in [3.05, 3.63) is 0 Å². The second-order valence-electron chi connectivity index (χ2n) is 7.26. The molecular formula is C17H32N2O5. The second-order valence-corrected chi connectivity index (χ2v) is 7.26. The minimum absolute atomic E-state index is 0.0943. The van der Waals surface area contributed by atoms with Crippen LogP contribution in [0.5, 0.6) is 0 Å². The third-order valence-corrected chi connectivity index (χ3v) is 3.89. The molecule has 1 aliphatic rings. The molecule has 1 heterocycles. The van der Waals surface area contributed by atoms with Crippen LogP contribution < -0.4 is 5.32 Å². The van der Waals surface area contributed by atoms with E-state index in [1.54, 1.807) is 25.7 Å². The van der Waals surface area contributed by atoms with Crippen molar-refractivity contribution in [2.24, 2.45) is 0 Å². The van der Waals surface area contributed by atoms with Gasteiger partial charge in [0.2, 0.25) is 5.91 Å². The summed E-state index contributed by atoms with van der Waals surface area (Å²) in [5.74, 6) is 0.0943. The highest BCUT2D eigenvalue weighted by Gasteiger charge is 2.34. The third-order valence-electron chi connectivity index (χ3n) is 3.89.